The number of hydrogen-bond donors (Lipinski definition) is 1. The van der Waals surface area contributed by atoms with Crippen molar-refractivity contribution in [3.05, 3.63) is 0 Å². The Morgan fingerprint density at radius 2 is 2.17 bits per heavy atom. The average molecular weight is 273 g/mol. The van der Waals surface area contributed by atoms with Crippen molar-refractivity contribution in [1.29, 1.82) is 0 Å². The molecule has 0 aromatic rings. The SMILES string of the molecule is COC(=O)C(CSC1COC1)(NC(C)C)C1CC1. The van der Waals surface area contributed by atoms with Crippen molar-refractivity contribution in [2.45, 2.75) is 43.5 Å². The molecule has 5 heteroatoms. The third kappa shape index (κ3) is 3.00. The molecular weight excluding hydrogens is 250 g/mol. The van der Waals surface area contributed by atoms with E-state index in [0.29, 0.717) is 11.2 Å². The molecule has 0 aromatic heterocycles. The van der Waals surface area contributed by atoms with E-state index >= 15 is 0 Å². The van der Waals surface area contributed by atoms with Crippen molar-refractivity contribution in [2.75, 3.05) is 26.1 Å². The zero-order valence-corrected chi connectivity index (χ0v) is 12.2. The Labute approximate surface area is 113 Å². The summed E-state index contributed by atoms with van der Waals surface area (Å²) in [6, 6.07) is 0.281. The lowest BCUT2D eigenvalue weighted by Gasteiger charge is -2.36. The van der Waals surface area contributed by atoms with Crippen LogP contribution >= 0.6 is 11.8 Å². The Hall–Kier alpha value is -0.260. The molecule has 0 amide bonds. The maximum atomic E-state index is 12.2. The number of carbonyl (C=O) groups excluding carboxylic acids is 1. The molecule has 2 fully saturated rings. The molecule has 1 aliphatic carbocycles. The Morgan fingerprint density at radius 1 is 1.50 bits per heavy atom. The second-order valence-corrected chi connectivity index (χ2v) is 6.80. The van der Waals surface area contributed by atoms with Crippen LogP contribution in [0.2, 0.25) is 0 Å². The number of ether oxygens (including phenoxy) is 2. The molecule has 1 saturated carbocycles. The van der Waals surface area contributed by atoms with Gasteiger partial charge in [0.1, 0.15) is 5.54 Å². The molecule has 1 N–H and O–H groups in total. The highest BCUT2D eigenvalue weighted by atomic mass is 32.2. The highest BCUT2D eigenvalue weighted by Crippen LogP contribution is 2.43. The van der Waals surface area contributed by atoms with Gasteiger partial charge in [0.15, 0.2) is 0 Å². The monoisotopic (exact) mass is 273 g/mol. The van der Waals surface area contributed by atoms with Crippen LogP contribution in [-0.2, 0) is 14.3 Å². The lowest BCUT2D eigenvalue weighted by Crippen LogP contribution is -2.59. The number of thioether (sulfide) groups is 1. The van der Waals surface area contributed by atoms with Gasteiger partial charge in [0.05, 0.1) is 25.6 Å². The third-order valence-corrected chi connectivity index (χ3v) is 4.89. The number of rotatable bonds is 7. The van der Waals surface area contributed by atoms with E-state index < -0.39 is 5.54 Å². The van der Waals surface area contributed by atoms with Crippen LogP contribution in [0.25, 0.3) is 0 Å². The first kappa shape index (κ1) is 14.2. The van der Waals surface area contributed by atoms with Gasteiger partial charge in [-0.1, -0.05) is 0 Å². The first-order valence-corrected chi connectivity index (χ1v) is 7.69. The Morgan fingerprint density at radius 3 is 2.56 bits per heavy atom. The fourth-order valence-electron chi connectivity index (χ4n) is 2.39. The van der Waals surface area contributed by atoms with Crippen LogP contribution in [0.3, 0.4) is 0 Å². The second kappa shape index (κ2) is 5.80. The summed E-state index contributed by atoms with van der Waals surface area (Å²) >= 11 is 1.84. The Kier molecular flexibility index (Phi) is 4.56. The normalized spacial score (nSPS) is 23.6. The van der Waals surface area contributed by atoms with Crippen LogP contribution in [0.1, 0.15) is 26.7 Å². The van der Waals surface area contributed by atoms with Crippen molar-refractivity contribution in [2.24, 2.45) is 5.92 Å². The summed E-state index contributed by atoms with van der Waals surface area (Å²) in [4.78, 5) is 12.2. The predicted octanol–water partition coefficient (Wildman–Crippen LogP) is 1.44. The fourth-order valence-corrected chi connectivity index (χ4v) is 3.72. The smallest absolute Gasteiger partial charge is 0.327 e. The first-order chi connectivity index (χ1) is 8.58. The van der Waals surface area contributed by atoms with E-state index in [-0.39, 0.29) is 12.0 Å². The van der Waals surface area contributed by atoms with Gasteiger partial charge in [-0.3, -0.25) is 10.1 Å². The fraction of sp³-hybridized carbons (Fsp3) is 0.923. The van der Waals surface area contributed by atoms with Crippen molar-refractivity contribution >= 4 is 17.7 Å². The molecule has 0 aromatic carbocycles. The van der Waals surface area contributed by atoms with Crippen LogP contribution in [-0.4, -0.2) is 48.9 Å². The average Bonchev–Trinajstić information content (AvgIpc) is 3.07. The summed E-state index contributed by atoms with van der Waals surface area (Å²) in [5.74, 6) is 1.11. The molecule has 2 rings (SSSR count). The molecule has 1 unspecified atom stereocenters. The quantitative estimate of drug-likeness (QED) is 0.711. The topological polar surface area (TPSA) is 47.6 Å². The van der Waals surface area contributed by atoms with Crippen LogP contribution in [0.5, 0.6) is 0 Å². The summed E-state index contributed by atoms with van der Waals surface area (Å²) in [7, 11) is 1.48. The van der Waals surface area contributed by atoms with Crippen LogP contribution in [0, 0.1) is 5.92 Å². The van der Waals surface area contributed by atoms with Crippen molar-refractivity contribution < 1.29 is 14.3 Å². The summed E-state index contributed by atoms with van der Waals surface area (Å²) in [6.07, 6.45) is 2.24. The lowest BCUT2D eigenvalue weighted by molar-refractivity contribution is -0.149. The van der Waals surface area contributed by atoms with Crippen molar-refractivity contribution in [1.82, 2.24) is 5.32 Å². The number of nitrogens with one attached hydrogen (secondary N) is 1. The van der Waals surface area contributed by atoms with E-state index in [1.54, 1.807) is 0 Å². The molecule has 0 bridgehead atoms. The zero-order valence-electron chi connectivity index (χ0n) is 11.4. The van der Waals surface area contributed by atoms with E-state index in [4.69, 9.17) is 9.47 Å². The van der Waals surface area contributed by atoms with Gasteiger partial charge in [0, 0.05) is 11.8 Å². The van der Waals surface area contributed by atoms with Crippen molar-refractivity contribution in [3.63, 3.8) is 0 Å². The van der Waals surface area contributed by atoms with Crippen LogP contribution in [0.4, 0.5) is 0 Å². The first-order valence-electron chi connectivity index (χ1n) is 6.64. The molecule has 1 heterocycles. The van der Waals surface area contributed by atoms with E-state index in [9.17, 15) is 4.79 Å². The van der Waals surface area contributed by atoms with Gasteiger partial charge < -0.3 is 9.47 Å². The van der Waals surface area contributed by atoms with Gasteiger partial charge in [-0.05, 0) is 32.6 Å². The highest BCUT2D eigenvalue weighted by molar-refractivity contribution is 8.00. The standard InChI is InChI=1S/C13H23NO3S/c1-9(2)14-13(10-4-5-10,12(15)16-3)8-18-11-6-17-7-11/h9-11,14H,4-8H2,1-3H3. The van der Waals surface area contributed by atoms with Gasteiger partial charge in [0.25, 0.3) is 0 Å². The number of methoxy groups -OCH3 is 1. The summed E-state index contributed by atoms with van der Waals surface area (Å²) < 4.78 is 10.2. The van der Waals surface area contributed by atoms with Gasteiger partial charge in [-0.15, -0.1) is 0 Å². The minimum atomic E-state index is -0.497. The molecule has 4 nitrogen and oxygen atoms in total. The maximum Gasteiger partial charge on any atom is 0.327 e. The summed E-state index contributed by atoms with van der Waals surface area (Å²) in [5, 5.41) is 4.02. The zero-order chi connectivity index (χ0) is 13.2. The molecule has 0 spiro atoms. The molecule has 1 aliphatic heterocycles. The molecule has 0 radical (unpaired) electrons. The molecule has 18 heavy (non-hydrogen) atoms. The summed E-state index contributed by atoms with van der Waals surface area (Å²) in [6.45, 7) is 5.79. The molecule has 104 valence electrons. The molecular formula is C13H23NO3S. The Balaban J connectivity index is 2.04. The van der Waals surface area contributed by atoms with E-state index in [1.807, 2.05) is 11.8 Å². The van der Waals surface area contributed by atoms with Crippen molar-refractivity contribution in [3.8, 4) is 0 Å². The van der Waals surface area contributed by atoms with Gasteiger partial charge in [-0.25, -0.2) is 0 Å². The van der Waals surface area contributed by atoms with E-state index in [1.165, 1.54) is 7.11 Å². The maximum absolute atomic E-state index is 12.2. The molecule has 1 saturated heterocycles. The minimum absolute atomic E-state index is 0.105. The van der Waals surface area contributed by atoms with Gasteiger partial charge in [-0.2, -0.15) is 11.8 Å². The van der Waals surface area contributed by atoms with Crippen LogP contribution in [0.15, 0.2) is 0 Å². The van der Waals surface area contributed by atoms with Crippen LogP contribution < -0.4 is 5.32 Å². The van der Waals surface area contributed by atoms with Gasteiger partial charge >= 0.3 is 5.97 Å². The van der Waals surface area contributed by atoms with E-state index in [2.05, 4.69) is 19.2 Å². The number of esters is 1. The largest absolute Gasteiger partial charge is 0.468 e. The number of carbonyl (C=O) groups is 1. The predicted molar refractivity (Wildman–Crippen MR) is 72.8 cm³/mol. The third-order valence-electron chi connectivity index (χ3n) is 3.52. The molecule has 1 atom stereocenters. The number of hydrogen-bond acceptors (Lipinski definition) is 5. The summed E-state index contributed by atoms with van der Waals surface area (Å²) in [5.41, 5.74) is -0.497. The van der Waals surface area contributed by atoms with E-state index in [0.717, 1.165) is 31.8 Å². The molecule has 2 aliphatic rings. The minimum Gasteiger partial charge on any atom is -0.468 e. The second-order valence-electron chi connectivity index (χ2n) is 5.51. The lowest BCUT2D eigenvalue weighted by atomic mass is 9.94. The highest BCUT2D eigenvalue weighted by Gasteiger charge is 2.52. The Bertz CT molecular complexity index is 303. The van der Waals surface area contributed by atoms with Gasteiger partial charge in [0.2, 0.25) is 0 Å².